The molecule has 0 radical (unpaired) electrons. The molecule has 2 N–H and O–H groups in total. The van der Waals surface area contributed by atoms with E-state index >= 15 is 0 Å². The van der Waals surface area contributed by atoms with Gasteiger partial charge in [0.2, 0.25) is 0 Å². The molecule has 0 heterocycles. The number of nitrogens with two attached hydrogens (primary N) is 1. The highest BCUT2D eigenvalue weighted by atomic mass is 79.9. The molecular formula is C11H24BrN. The lowest BCUT2D eigenvalue weighted by Gasteiger charge is -2.00. The largest absolute Gasteiger partial charge is 0.330 e. The average Bonchev–Trinajstić information content (AvgIpc) is 2.16. The summed E-state index contributed by atoms with van der Waals surface area (Å²) in [5.74, 6) is 0. The number of alkyl halides is 1. The van der Waals surface area contributed by atoms with Crippen molar-refractivity contribution in [2.24, 2.45) is 5.73 Å². The van der Waals surface area contributed by atoms with Crippen molar-refractivity contribution in [1.82, 2.24) is 0 Å². The molecule has 80 valence electrons. The van der Waals surface area contributed by atoms with Gasteiger partial charge in [0, 0.05) is 5.33 Å². The van der Waals surface area contributed by atoms with Crippen molar-refractivity contribution >= 4 is 15.9 Å². The molecule has 0 amide bonds. The standard InChI is InChI=1S/C11H24BrN/c12-10-8-6-4-2-1-3-5-7-9-11-13/h1-11,13H2. The van der Waals surface area contributed by atoms with Crippen LogP contribution >= 0.6 is 15.9 Å². The Morgan fingerprint density at radius 1 is 0.615 bits per heavy atom. The molecule has 0 aromatic rings. The summed E-state index contributed by atoms with van der Waals surface area (Å²) in [7, 11) is 0. The van der Waals surface area contributed by atoms with Crippen LogP contribution < -0.4 is 5.73 Å². The molecule has 0 unspecified atom stereocenters. The van der Waals surface area contributed by atoms with E-state index in [9.17, 15) is 0 Å². The van der Waals surface area contributed by atoms with E-state index < -0.39 is 0 Å². The predicted octanol–water partition coefficient (Wildman–Crippen LogP) is 3.85. The van der Waals surface area contributed by atoms with E-state index in [0.717, 1.165) is 6.54 Å². The zero-order valence-corrected chi connectivity index (χ0v) is 10.3. The van der Waals surface area contributed by atoms with Crippen molar-refractivity contribution in [2.45, 2.75) is 57.8 Å². The van der Waals surface area contributed by atoms with E-state index in [0.29, 0.717) is 0 Å². The molecule has 0 aliphatic carbocycles. The minimum Gasteiger partial charge on any atom is -0.330 e. The highest BCUT2D eigenvalue weighted by Gasteiger charge is 1.91. The van der Waals surface area contributed by atoms with Gasteiger partial charge in [-0.25, -0.2) is 0 Å². The first kappa shape index (κ1) is 13.4. The van der Waals surface area contributed by atoms with Gasteiger partial charge in [-0.3, -0.25) is 0 Å². The third kappa shape index (κ3) is 12.4. The zero-order valence-electron chi connectivity index (χ0n) is 8.73. The Balaban J connectivity index is 2.76. The second kappa shape index (κ2) is 12.4. The first-order valence-electron chi connectivity index (χ1n) is 5.68. The summed E-state index contributed by atoms with van der Waals surface area (Å²) in [6.45, 7) is 0.866. The number of unbranched alkanes of at least 4 members (excludes halogenated alkanes) is 8. The van der Waals surface area contributed by atoms with E-state index in [1.54, 1.807) is 0 Å². The third-order valence-electron chi connectivity index (χ3n) is 2.34. The molecule has 0 aliphatic heterocycles. The van der Waals surface area contributed by atoms with Crippen LogP contribution in [0, 0.1) is 0 Å². The van der Waals surface area contributed by atoms with Crippen LogP contribution in [-0.4, -0.2) is 11.9 Å². The molecule has 0 saturated heterocycles. The Morgan fingerprint density at radius 2 is 1.00 bits per heavy atom. The van der Waals surface area contributed by atoms with Gasteiger partial charge in [0.25, 0.3) is 0 Å². The minimum absolute atomic E-state index is 0.866. The highest BCUT2D eigenvalue weighted by molar-refractivity contribution is 9.09. The normalized spacial score (nSPS) is 10.6. The molecule has 0 atom stereocenters. The third-order valence-corrected chi connectivity index (χ3v) is 2.90. The van der Waals surface area contributed by atoms with Gasteiger partial charge in [-0.15, -0.1) is 0 Å². The molecule has 0 saturated carbocycles. The van der Waals surface area contributed by atoms with E-state index in [1.807, 2.05) is 0 Å². The summed E-state index contributed by atoms with van der Waals surface area (Å²) >= 11 is 3.45. The van der Waals surface area contributed by atoms with Gasteiger partial charge in [0.1, 0.15) is 0 Å². The average molecular weight is 250 g/mol. The lowest BCUT2D eigenvalue weighted by atomic mass is 10.1. The summed E-state index contributed by atoms with van der Waals surface area (Å²) in [4.78, 5) is 0. The first-order valence-corrected chi connectivity index (χ1v) is 6.80. The fourth-order valence-electron chi connectivity index (χ4n) is 1.48. The van der Waals surface area contributed by atoms with Crippen LogP contribution in [0.2, 0.25) is 0 Å². The van der Waals surface area contributed by atoms with Gasteiger partial charge in [0.05, 0.1) is 0 Å². The van der Waals surface area contributed by atoms with Crippen LogP contribution in [-0.2, 0) is 0 Å². The van der Waals surface area contributed by atoms with Gasteiger partial charge in [-0.05, 0) is 19.4 Å². The SMILES string of the molecule is NCCCCCCCCCCCBr. The fraction of sp³-hybridized carbons (Fsp3) is 1.00. The maximum Gasteiger partial charge on any atom is 0.00313 e. The van der Waals surface area contributed by atoms with E-state index in [1.165, 1.54) is 63.1 Å². The lowest BCUT2D eigenvalue weighted by Crippen LogP contribution is -1.97. The van der Waals surface area contributed by atoms with Crippen molar-refractivity contribution in [3.05, 3.63) is 0 Å². The molecular weight excluding hydrogens is 226 g/mol. The smallest absolute Gasteiger partial charge is 0.00313 e. The predicted molar refractivity (Wildman–Crippen MR) is 64.4 cm³/mol. The van der Waals surface area contributed by atoms with E-state index in [4.69, 9.17) is 5.73 Å². The maximum absolute atomic E-state index is 5.42. The Hall–Kier alpha value is 0.440. The molecule has 0 bridgehead atoms. The van der Waals surface area contributed by atoms with Crippen molar-refractivity contribution in [3.8, 4) is 0 Å². The van der Waals surface area contributed by atoms with Gasteiger partial charge >= 0.3 is 0 Å². The van der Waals surface area contributed by atoms with Crippen molar-refractivity contribution < 1.29 is 0 Å². The Labute approximate surface area is 91.6 Å². The van der Waals surface area contributed by atoms with Gasteiger partial charge in [0.15, 0.2) is 0 Å². The fourth-order valence-corrected chi connectivity index (χ4v) is 1.87. The van der Waals surface area contributed by atoms with Crippen LogP contribution in [0.4, 0.5) is 0 Å². The molecule has 0 spiro atoms. The number of rotatable bonds is 10. The molecule has 2 heteroatoms. The van der Waals surface area contributed by atoms with E-state index in [2.05, 4.69) is 15.9 Å². The molecule has 0 fully saturated rings. The number of halogens is 1. The van der Waals surface area contributed by atoms with E-state index in [-0.39, 0.29) is 0 Å². The molecule has 1 nitrogen and oxygen atoms in total. The molecule has 0 aliphatic rings. The Kier molecular flexibility index (Phi) is 12.9. The van der Waals surface area contributed by atoms with Crippen LogP contribution in [0.3, 0.4) is 0 Å². The lowest BCUT2D eigenvalue weighted by molar-refractivity contribution is 0.568. The molecule has 0 rings (SSSR count). The Bertz CT molecular complexity index is 76.2. The molecule has 13 heavy (non-hydrogen) atoms. The molecule has 0 aromatic carbocycles. The number of hydrogen-bond acceptors (Lipinski definition) is 1. The van der Waals surface area contributed by atoms with Crippen molar-refractivity contribution in [1.29, 1.82) is 0 Å². The second-order valence-corrected chi connectivity index (χ2v) is 4.45. The summed E-state index contributed by atoms with van der Waals surface area (Å²) in [5, 5.41) is 1.17. The zero-order chi connectivity index (χ0) is 9.78. The van der Waals surface area contributed by atoms with Crippen LogP contribution in [0.5, 0.6) is 0 Å². The second-order valence-electron chi connectivity index (χ2n) is 3.66. The monoisotopic (exact) mass is 249 g/mol. The van der Waals surface area contributed by atoms with Crippen LogP contribution in [0.1, 0.15) is 57.8 Å². The van der Waals surface area contributed by atoms with Crippen LogP contribution in [0.15, 0.2) is 0 Å². The van der Waals surface area contributed by atoms with Crippen molar-refractivity contribution in [3.63, 3.8) is 0 Å². The minimum atomic E-state index is 0.866. The molecule has 0 aromatic heterocycles. The Morgan fingerprint density at radius 3 is 1.38 bits per heavy atom. The maximum atomic E-state index is 5.42. The summed E-state index contributed by atoms with van der Waals surface area (Å²) in [6, 6.07) is 0. The van der Waals surface area contributed by atoms with Crippen LogP contribution in [0.25, 0.3) is 0 Å². The highest BCUT2D eigenvalue weighted by Crippen LogP contribution is 2.09. The summed E-state index contributed by atoms with van der Waals surface area (Å²) in [6.07, 6.45) is 12.3. The topological polar surface area (TPSA) is 26.0 Å². The van der Waals surface area contributed by atoms with Gasteiger partial charge in [-0.1, -0.05) is 60.9 Å². The summed E-state index contributed by atoms with van der Waals surface area (Å²) in [5.41, 5.74) is 5.42. The first-order chi connectivity index (χ1) is 6.41. The van der Waals surface area contributed by atoms with Crippen molar-refractivity contribution in [2.75, 3.05) is 11.9 Å². The number of hydrogen-bond donors (Lipinski definition) is 1. The quantitative estimate of drug-likeness (QED) is 0.462. The summed E-state index contributed by atoms with van der Waals surface area (Å²) < 4.78 is 0. The van der Waals surface area contributed by atoms with Gasteiger partial charge < -0.3 is 5.73 Å². The van der Waals surface area contributed by atoms with Gasteiger partial charge in [-0.2, -0.15) is 0 Å².